The van der Waals surface area contributed by atoms with Gasteiger partial charge in [0.15, 0.2) is 22.4 Å². The van der Waals surface area contributed by atoms with Gasteiger partial charge in [0, 0.05) is 16.8 Å². The van der Waals surface area contributed by atoms with Gasteiger partial charge in [-0.2, -0.15) is 0 Å². The Bertz CT molecular complexity index is 1200. The molecule has 0 amide bonds. The van der Waals surface area contributed by atoms with Gasteiger partial charge in [-0.05, 0) is 49.3 Å². The third-order valence-electron chi connectivity index (χ3n) is 5.59. The molecule has 4 rings (SSSR count). The molecule has 168 valence electrons. The molecule has 3 aromatic rings. The molecule has 5 nitrogen and oxygen atoms in total. The van der Waals surface area contributed by atoms with E-state index in [1.54, 1.807) is 7.11 Å². The lowest BCUT2D eigenvalue weighted by molar-refractivity contribution is 0.102. The number of carbonyl (C=O) groups is 1. The van der Waals surface area contributed by atoms with Crippen LogP contribution in [-0.4, -0.2) is 18.0 Å². The number of ether oxygens (including phenoxy) is 2. The summed E-state index contributed by atoms with van der Waals surface area (Å²) < 4.78 is 11.6. The summed E-state index contributed by atoms with van der Waals surface area (Å²) in [6, 6.07) is 22.7. The Hall–Kier alpha value is -3.64. The number of hydrogen-bond donors (Lipinski definition) is 2. The van der Waals surface area contributed by atoms with Crippen LogP contribution in [0.1, 0.15) is 40.0 Å². The zero-order chi connectivity index (χ0) is 23.4. The van der Waals surface area contributed by atoms with Crippen LogP contribution < -0.4 is 20.1 Å². The maximum Gasteiger partial charge on any atom is 0.193 e. The molecule has 0 spiro atoms. The molecular formula is C27H26N2O3S. The van der Waals surface area contributed by atoms with Gasteiger partial charge in [0.05, 0.1) is 13.2 Å². The topological polar surface area (TPSA) is 59.6 Å². The van der Waals surface area contributed by atoms with Gasteiger partial charge in [-0.15, -0.1) is 0 Å². The monoisotopic (exact) mass is 458 g/mol. The highest BCUT2D eigenvalue weighted by Crippen LogP contribution is 2.35. The Morgan fingerprint density at radius 1 is 0.970 bits per heavy atom. The number of carbonyl (C=O) groups excluding carboxylic acids is 1. The number of rotatable bonds is 7. The maximum atomic E-state index is 13.4. The summed E-state index contributed by atoms with van der Waals surface area (Å²) in [5.74, 6) is 1.17. The highest BCUT2D eigenvalue weighted by Gasteiger charge is 2.31. The van der Waals surface area contributed by atoms with E-state index in [2.05, 4.69) is 29.7 Å². The summed E-state index contributed by atoms with van der Waals surface area (Å²) in [6.07, 6.45) is 0. The fraction of sp³-hybridized carbons (Fsp3) is 0.185. The molecule has 6 heteroatoms. The standard InChI is InChI=1S/C27H26N2O3S/c1-17-9-11-19(12-10-17)16-32-23-15-21(13-14-22(23)31-3)25-24(18(2)28-27(33)29-25)26(30)20-7-5-4-6-8-20/h4-15,25H,16H2,1-3H3,(H2,28,29,33). The lowest BCUT2D eigenvalue weighted by Crippen LogP contribution is -2.44. The van der Waals surface area contributed by atoms with E-state index in [1.807, 2.05) is 67.6 Å². The number of hydrogen-bond acceptors (Lipinski definition) is 4. The first-order valence-corrected chi connectivity index (χ1v) is 11.1. The number of aryl methyl sites for hydroxylation is 1. The van der Waals surface area contributed by atoms with Gasteiger partial charge in [0.1, 0.15) is 6.61 Å². The molecular weight excluding hydrogens is 432 g/mol. The van der Waals surface area contributed by atoms with Crippen LogP contribution in [0.5, 0.6) is 11.5 Å². The Labute approximate surface area is 199 Å². The molecule has 0 radical (unpaired) electrons. The van der Waals surface area contributed by atoms with Crippen molar-refractivity contribution >= 4 is 23.1 Å². The molecule has 0 aliphatic carbocycles. The van der Waals surface area contributed by atoms with Crippen LogP contribution in [0, 0.1) is 6.92 Å². The van der Waals surface area contributed by atoms with Crippen LogP contribution in [0.3, 0.4) is 0 Å². The molecule has 1 aliphatic heterocycles. The number of ketones is 1. The molecule has 1 atom stereocenters. The predicted octanol–water partition coefficient (Wildman–Crippen LogP) is 5.26. The summed E-state index contributed by atoms with van der Waals surface area (Å²) in [6.45, 7) is 4.33. The van der Waals surface area contributed by atoms with Crippen molar-refractivity contribution < 1.29 is 14.3 Å². The van der Waals surface area contributed by atoms with E-state index in [1.165, 1.54) is 5.56 Å². The SMILES string of the molecule is COc1ccc(C2NC(=S)NC(C)=C2C(=O)c2ccccc2)cc1OCc1ccc(C)cc1. The summed E-state index contributed by atoms with van der Waals surface area (Å²) in [5, 5.41) is 6.82. The minimum absolute atomic E-state index is 0.0569. The van der Waals surface area contributed by atoms with Crippen molar-refractivity contribution in [3.05, 3.63) is 106 Å². The van der Waals surface area contributed by atoms with Crippen molar-refractivity contribution in [3.8, 4) is 11.5 Å². The van der Waals surface area contributed by atoms with Crippen molar-refractivity contribution in [2.24, 2.45) is 0 Å². The molecule has 0 bridgehead atoms. The van der Waals surface area contributed by atoms with Crippen LogP contribution in [-0.2, 0) is 6.61 Å². The van der Waals surface area contributed by atoms with E-state index in [-0.39, 0.29) is 5.78 Å². The first-order chi connectivity index (χ1) is 16.0. The Morgan fingerprint density at radius 3 is 2.39 bits per heavy atom. The van der Waals surface area contributed by atoms with Crippen molar-refractivity contribution in [1.29, 1.82) is 0 Å². The van der Waals surface area contributed by atoms with Crippen molar-refractivity contribution in [3.63, 3.8) is 0 Å². The third-order valence-corrected chi connectivity index (χ3v) is 5.81. The summed E-state index contributed by atoms with van der Waals surface area (Å²) >= 11 is 5.40. The summed E-state index contributed by atoms with van der Waals surface area (Å²) in [7, 11) is 1.61. The van der Waals surface area contributed by atoms with Gasteiger partial charge in [0.2, 0.25) is 0 Å². The number of Topliss-reactive ketones (excluding diaryl/α,β-unsaturated/α-hetero) is 1. The molecule has 3 aromatic carbocycles. The van der Waals surface area contributed by atoms with Gasteiger partial charge in [-0.1, -0.05) is 66.2 Å². The zero-order valence-electron chi connectivity index (χ0n) is 18.8. The van der Waals surface area contributed by atoms with Crippen molar-refractivity contribution in [2.75, 3.05) is 7.11 Å². The number of methoxy groups -OCH3 is 1. The largest absolute Gasteiger partial charge is 0.493 e. The van der Waals surface area contributed by atoms with E-state index in [9.17, 15) is 4.79 Å². The number of nitrogens with one attached hydrogen (secondary N) is 2. The van der Waals surface area contributed by atoms with Gasteiger partial charge >= 0.3 is 0 Å². The molecule has 0 saturated carbocycles. The lowest BCUT2D eigenvalue weighted by atomic mass is 9.89. The number of benzene rings is 3. The first-order valence-electron chi connectivity index (χ1n) is 10.7. The Balaban J connectivity index is 1.67. The van der Waals surface area contributed by atoms with Crippen LogP contribution in [0.2, 0.25) is 0 Å². The van der Waals surface area contributed by atoms with Gasteiger partial charge < -0.3 is 20.1 Å². The molecule has 1 unspecified atom stereocenters. The molecule has 2 N–H and O–H groups in total. The molecule has 0 aromatic heterocycles. The molecule has 33 heavy (non-hydrogen) atoms. The van der Waals surface area contributed by atoms with E-state index in [0.717, 1.165) is 16.8 Å². The lowest BCUT2D eigenvalue weighted by Gasteiger charge is -2.30. The van der Waals surface area contributed by atoms with Crippen molar-refractivity contribution in [1.82, 2.24) is 10.6 Å². The predicted molar refractivity (Wildman–Crippen MR) is 134 cm³/mol. The van der Waals surface area contributed by atoms with Gasteiger partial charge in [-0.25, -0.2) is 0 Å². The smallest absolute Gasteiger partial charge is 0.193 e. The average Bonchev–Trinajstić information content (AvgIpc) is 2.83. The molecule has 1 heterocycles. The summed E-state index contributed by atoms with van der Waals surface area (Å²) in [4.78, 5) is 13.4. The highest BCUT2D eigenvalue weighted by molar-refractivity contribution is 7.80. The van der Waals surface area contributed by atoms with E-state index in [0.29, 0.717) is 34.4 Å². The fourth-order valence-electron chi connectivity index (χ4n) is 3.82. The second-order valence-corrected chi connectivity index (χ2v) is 8.36. The maximum absolute atomic E-state index is 13.4. The normalized spacial score (nSPS) is 15.5. The van der Waals surface area contributed by atoms with Crippen LogP contribution in [0.4, 0.5) is 0 Å². The van der Waals surface area contributed by atoms with E-state index < -0.39 is 6.04 Å². The van der Waals surface area contributed by atoms with Crippen molar-refractivity contribution in [2.45, 2.75) is 26.5 Å². The minimum atomic E-state index is -0.418. The number of thiocarbonyl (C=S) groups is 1. The minimum Gasteiger partial charge on any atom is -0.493 e. The Kier molecular flexibility index (Phi) is 6.75. The average molecular weight is 459 g/mol. The van der Waals surface area contributed by atoms with Gasteiger partial charge in [0.25, 0.3) is 0 Å². The van der Waals surface area contributed by atoms with E-state index >= 15 is 0 Å². The quantitative estimate of drug-likeness (QED) is 0.372. The molecule has 0 saturated heterocycles. The van der Waals surface area contributed by atoms with Crippen LogP contribution in [0.15, 0.2) is 84.1 Å². The highest BCUT2D eigenvalue weighted by atomic mass is 32.1. The van der Waals surface area contributed by atoms with Crippen LogP contribution >= 0.6 is 12.2 Å². The van der Waals surface area contributed by atoms with E-state index in [4.69, 9.17) is 21.7 Å². The zero-order valence-corrected chi connectivity index (χ0v) is 19.7. The van der Waals surface area contributed by atoms with Crippen LogP contribution in [0.25, 0.3) is 0 Å². The number of allylic oxidation sites excluding steroid dienone is 1. The fourth-order valence-corrected chi connectivity index (χ4v) is 4.09. The van der Waals surface area contributed by atoms with Gasteiger partial charge in [-0.3, -0.25) is 4.79 Å². The third kappa shape index (κ3) is 5.07. The molecule has 0 fully saturated rings. The second kappa shape index (κ2) is 9.88. The first kappa shape index (κ1) is 22.6. The Morgan fingerprint density at radius 2 is 1.70 bits per heavy atom. The second-order valence-electron chi connectivity index (χ2n) is 7.95. The summed E-state index contributed by atoms with van der Waals surface area (Å²) in [5.41, 5.74) is 5.09. The molecule has 1 aliphatic rings.